The average molecular weight is 269 g/mol. The number of carbonyl (C=O) groups excluding carboxylic acids is 1. The van der Waals surface area contributed by atoms with Gasteiger partial charge in [0, 0.05) is 6.04 Å². The van der Waals surface area contributed by atoms with Gasteiger partial charge in [-0.15, -0.1) is 0 Å². The lowest BCUT2D eigenvalue weighted by Gasteiger charge is -2.21. The number of hydrogen-bond acceptors (Lipinski definition) is 2. The lowest BCUT2D eigenvalue weighted by atomic mass is 9.94. The second-order valence-electron chi connectivity index (χ2n) is 6.29. The molecule has 110 valence electrons. The highest BCUT2D eigenvalue weighted by molar-refractivity contribution is 5.85. The minimum Gasteiger partial charge on any atom is -0.481 e. The molecule has 4 nitrogen and oxygen atoms in total. The number of carboxylic acid groups (broad SMARTS) is 1. The largest absolute Gasteiger partial charge is 0.481 e. The van der Waals surface area contributed by atoms with E-state index in [1.807, 2.05) is 13.8 Å². The average Bonchev–Trinajstić information content (AvgIpc) is 2.71. The third-order valence-electron chi connectivity index (χ3n) is 4.29. The fourth-order valence-corrected chi connectivity index (χ4v) is 3.03. The van der Waals surface area contributed by atoms with Crippen molar-refractivity contribution in [1.29, 1.82) is 0 Å². The highest BCUT2D eigenvalue weighted by Gasteiger charge is 2.41. The van der Waals surface area contributed by atoms with Crippen molar-refractivity contribution in [2.75, 3.05) is 0 Å². The molecule has 0 saturated heterocycles. The van der Waals surface area contributed by atoms with E-state index in [1.165, 1.54) is 0 Å². The smallest absolute Gasteiger partial charge is 0.307 e. The Bertz CT molecular complexity index is 329. The van der Waals surface area contributed by atoms with Crippen LogP contribution >= 0.6 is 0 Å². The quantitative estimate of drug-likeness (QED) is 0.779. The van der Waals surface area contributed by atoms with Gasteiger partial charge in [0.25, 0.3) is 0 Å². The van der Waals surface area contributed by atoms with E-state index in [4.69, 9.17) is 0 Å². The lowest BCUT2D eigenvalue weighted by Crippen LogP contribution is -2.40. The van der Waals surface area contributed by atoms with Crippen LogP contribution in [0.15, 0.2) is 0 Å². The number of amides is 1. The third kappa shape index (κ3) is 4.51. The molecular weight excluding hydrogens is 242 g/mol. The van der Waals surface area contributed by atoms with E-state index in [0.717, 1.165) is 12.8 Å². The van der Waals surface area contributed by atoms with Gasteiger partial charge in [-0.05, 0) is 38.0 Å². The molecule has 1 aliphatic rings. The topological polar surface area (TPSA) is 66.4 Å². The monoisotopic (exact) mass is 269 g/mol. The van der Waals surface area contributed by atoms with Gasteiger partial charge >= 0.3 is 5.97 Å². The van der Waals surface area contributed by atoms with Crippen molar-refractivity contribution in [3.8, 4) is 0 Å². The fraction of sp³-hybridized carbons (Fsp3) is 0.867. The second kappa shape index (κ2) is 6.92. The number of hydrogen-bond donors (Lipinski definition) is 2. The first-order valence-electron chi connectivity index (χ1n) is 7.38. The molecule has 4 heteroatoms. The Kier molecular flexibility index (Phi) is 5.83. The minimum absolute atomic E-state index is 0.0763. The molecule has 0 aliphatic heterocycles. The molecule has 0 aromatic heterocycles. The molecule has 1 rings (SSSR count). The summed E-state index contributed by atoms with van der Waals surface area (Å²) in [7, 11) is 0. The van der Waals surface area contributed by atoms with Crippen LogP contribution in [0.4, 0.5) is 0 Å². The molecule has 0 aromatic rings. The van der Waals surface area contributed by atoms with Gasteiger partial charge in [0.15, 0.2) is 0 Å². The molecule has 0 spiro atoms. The summed E-state index contributed by atoms with van der Waals surface area (Å²) >= 11 is 0. The SMILES string of the molecule is CCC(C)CC(C)NC(=O)[C@H]1CC(C)C[C@H]1C(=O)O. The predicted octanol–water partition coefficient (Wildman–Crippen LogP) is 2.67. The first-order valence-corrected chi connectivity index (χ1v) is 7.38. The van der Waals surface area contributed by atoms with E-state index in [-0.39, 0.29) is 17.9 Å². The summed E-state index contributed by atoms with van der Waals surface area (Å²) in [5.41, 5.74) is 0. The van der Waals surface area contributed by atoms with Gasteiger partial charge in [-0.3, -0.25) is 9.59 Å². The maximum atomic E-state index is 12.2. The normalized spacial score (nSPS) is 29.8. The zero-order valence-electron chi connectivity index (χ0n) is 12.5. The summed E-state index contributed by atoms with van der Waals surface area (Å²) in [6.45, 7) is 8.32. The summed E-state index contributed by atoms with van der Waals surface area (Å²) in [5.74, 6) is -0.876. The Balaban J connectivity index is 2.54. The van der Waals surface area contributed by atoms with Crippen molar-refractivity contribution in [2.45, 2.75) is 59.4 Å². The molecule has 5 atom stereocenters. The van der Waals surface area contributed by atoms with Gasteiger partial charge in [0.05, 0.1) is 11.8 Å². The van der Waals surface area contributed by atoms with Crippen LogP contribution in [0.1, 0.15) is 53.4 Å². The van der Waals surface area contributed by atoms with E-state index in [0.29, 0.717) is 24.7 Å². The molecule has 19 heavy (non-hydrogen) atoms. The van der Waals surface area contributed by atoms with E-state index in [2.05, 4.69) is 19.2 Å². The third-order valence-corrected chi connectivity index (χ3v) is 4.29. The zero-order chi connectivity index (χ0) is 14.6. The molecule has 1 fully saturated rings. The van der Waals surface area contributed by atoms with E-state index >= 15 is 0 Å². The molecule has 0 radical (unpaired) electrons. The van der Waals surface area contributed by atoms with Gasteiger partial charge in [0.2, 0.25) is 5.91 Å². The maximum Gasteiger partial charge on any atom is 0.307 e. The molecule has 3 unspecified atom stereocenters. The van der Waals surface area contributed by atoms with Crippen LogP contribution in [-0.2, 0) is 9.59 Å². The van der Waals surface area contributed by atoms with Crippen molar-refractivity contribution >= 4 is 11.9 Å². The molecule has 1 saturated carbocycles. The van der Waals surface area contributed by atoms with Crippen molar-refractivity contribution in [1.82, 2.24) is 5.32 Å². The summed E-state index contributed by atoms with van der Waals surface area (Å²) < 4.78 is 0. The van der Waals surface area contributed by atoms with Gasteiger partial charge < -0.3 is 10.4 Å². The zero-order valence-corrected chi connectivity index (χ0v) is 12.5. The van der Waals surface area contributed by atoms with Crippen molar-refractivity contribution in [2.24, 2.45) is 23.7 Å². The van der Waals surface area contributed by atoms with Crippen LogP contribution in [0.2, 0.25) is 0 Å². The number of carboxylic acids is 1. The molecule has 0 bridgehead atoms. The summed E-state index contributed by atoms with van der Waals surface area (Å²) in [6.07, 6.45) is 3.35. The lowest BCUT2D eigenvalue weighted by molar-refractivity contribution is -0.146. The van der Waals surface area contributed by atoms with Gasteiger partial charge in [-0.2, -0.15) is 0 Å². The van der Waals surface area contributed by atoms with E-state index in [1.54, 1.807) is 0 Å². The molecular formula is C15H27NO3. The Morgan fingerprint density at radius 3 is 2.37 bits per heavy atom. The van der Waals surface area contributed by atoms with Crippen molar-refractivity contribution in [3.63, 3.8) is 0 Å². The van der Waals surface area contributed by atoms with E-state index in [9.17, 15) is 14.7 Å². The first-order chi connectivity index (χ1) is 8.85. The molecule has 1 aliphatic carbocycles. The van der Waals surface area contributed by atoms with Crippen molar-refractivity contribution < 1.29 is 14.7 Å². The van der Waals surface area contributed by atoms with Gasteiger partial charge in [-0.1, -0.05) is 27.2 Å². The van der Waals surface area contributed by atoms with Gasteiger partial charge in [0.1, 0.15) is 0 Å². The Morgan fingerprint density at radius 1 is 1.26 bits per heavy atom. The number of carbonyl (C=O) groups is 2. The Labute approximate surface area is 116 Å². The molecule has 0 aromatic carbocycles. The number of nitrogens with one attached hydrogen (secondary N) is 1. The predicted molar refractivity (Wildman–Crippen MR) is 74.7 cm³/mol. The highest BCUT2D eigenvalue weighted by atomic mass is 16.4. The van der Waals surface area contributed by atoms with Crippen LogP contribution < -0.4 is 5.32 Å². The summed E-state index contributed by atoms with van der Waals surface area (Å²) in [6, 6.07) is 0.118. The van der Waals surface area contributed by atoms with Crippen LogP contribution in [0.25, 0.3) is 0 Å². The minimum atomic E-state index is -0.834. The van der Waals surface area contributed by atoms with Crippen molar-refractivity contribution in [3.05, 3.63) is 0 Å². The summed E-state index contributed by atoms with van der Waals surface area (Å²) in [4.78, 5) is 23.4. The van der Waals surface area contributed by atoms with Gasteiger partial charge in [-0.25, -0.2) is 0 Å². The molecule has 2 N–H and O–H groups in total. The Hall–Kier alpha value is -1.06. The van der Waals surface area contributed by atoms with Crippen LogP contribution in [0.5, 0.6) is 0 Å². The van der Waals surface area contributed by atoms with Crippen LogP contribution in [0.3, 0.4) is 0 Å². The highest BCUT2D eigenvalue weighted by Crippen LogP contribution is 2.36. The maximum absolute atomic E-state index is 12.2. The Morgan fingerprint density at radius 2 is 1.84 bits per heavy atom. The number of rotatable bonds is 6. The molecule has 1 amide bonds. The molecule has 0 heterocycles. The van der Waals surface area contributed by atoms with Crippen LogP contribution in [-0.4, -0.2) is 23.0 Å². The first kappa shape index (κ1) is 16.0. The standard InChI is InChI=1S/C15H27NO3/c1-5-9(2)6-11(4)16-14(17)12-7-10(3)8-13(12)15(18)19/h9-13H,5-8H2,1-4H3,(H,16,17)(H,18,19)/t9?,10?,11?,12-,13+/m0/s1. The second-order valence-corrected chi connectivity index (χ2v) is 6.29. The van der Waals surface area contributed by atoms with Crippen LogP contribution in [0, 0.1) is 23.7 Å². The van der Waals surface area contributed by atoms with E-state index < -0.39 is 11.9 Å². The number of aliphatic carboxylic acids is 1. The fourth-order valence-electron chi connectivity index (χ4n) is 3.03. The summed E-state index contributed by atoms with van der Waals surface area (Å²) in [5, 5.41) is 12.2.